The lowest BCUT2D eigenvalue weighted by molar-refractivity contribution is 0.418. The van der Waals surface area contributed by atoms with E-state index in [-0.39, 0.29) is 15.5 Å². The van der Waals surface area contributed by atoms with E-state index < -0.39 is 20.0 Å². The number of anilines is 1. The second-order valence-electron chi connectivity index (χ2n) is 7.61. The molecule has 10 heteroatoms. The summed E-state index contributed by atoms with van der Waals surface area (Å²) in [5.41, 5.74) is 0.712. The Morgan fingerprint density at radius 2 is 1.59 bits per heavy atom. The van der Waals surface area contributed by atoms with Gasteiger partial charge in [-0.25, -0.2) is 16.8 Å². The predicted molar refractivity (Wildman–Crippen MR) is 123 cm³/mol. The minimum absolute atomic E-state index is 0.0580. The number of hydrogen-bond donors (Lipinski definition) is 1. The van der Waals surface area contributed by atoms with Crippen LogP contribution < -0.4 is 9.46 Å². The third-order valence-electron chi connectivity index (χ3n) is 5.51. The molecule has 1 aliphatic rings. The Kier molecular flexibility index (Phi) is 6.36. The normalized spacial score (nSPS) is 15.9. The number of hydrogen-bond acceptors (Lipinski definition) is 6. The minimum Gasteiger partial charge on any atom is -0.494 e. The van der Waals surface area contributed by atoms with Crippen LogP contribution in [0, 0.1) is 0 Å². The number of pyridine rings is 1. The summed E-state index contributed by atoms with van der Waals surface area (Å²) in [6.07, 6.45) is 5.33. The first-order valence-electron chi connectivity index (χ1n) is 10.4. The van der Waals surface area contributed by atoms with E-state index in [2.05, 4.69) is 9.71 Å². The maximum atomic E-state index is 13.1. The summed E-state index contributed by atoms with van der Waals surface area (Å²) in [5.74, 6) is 0.475. The Bertz CT molecular complexity index is 1320. The molecule has 2 aromatic carbocycles. The number of nitrogens with one attached hydrogen (secondary N) is 1. The van der Waals surface area contributed by atoms with Crippen molar-refractivity contribution in [2.75, 3.05) is 24.9 Å². The molecule has 0 unspecified atom stereocenters. The zero-order valence-electron chi connectivity index (χ0n) is 17.7. The molecule has 170 valence electrons. The lowest BCUT2D eigenvalue weighted by Crippen LogP contribution is -2.31. The SMILES string of the molecule is COc1ccc(S(=O)(=O)Nc2ccc(S(=O)(=O)N3CCCCCC3)cc2)c2cccnc12. The molecule has 0 saturated carbocycles. The van der Waals surface area contributed by atoms with Crippen molar-refractivity contribution in [1.82, 2.24) is 9.29 Å². The van der Waals surface area contributed by atoms with Crippen molar-refractivity contribution in [2.24, 2.45) is 0 Å². The van der Waals surface area contributed by atoms with Crippen molar-refractivity contribution >= 4 is 36.6 Å². The molecule has 0 amide bonds. The monoisotopic (exact) mass is 475 g/mol. The van der Waals surface area contributed by atoms with Crippen LogP contribution in [0.25, 0.3) is 10.9 Å². The molecule has 0 spiro atoms. The van der Waals surface area contributed by atoms with Gasteiger partial charge in [0.05, 0.1) is 16.9 Å². The molecule has 8 nitrogen and oxygen atoms in total. The Labute approximate surface area is 188 Å². The molecule has 32 heavy (non-hydrogen) atoms. The Balaban J connectivity index is 1.60. The first-order chi connectivity index (χ1) is 15.3. The van der Waals surface area contributed by atoms with Crippen LogP contribution in [0.2, 0.25) is 0 Å². The Morgan fingerprint density at radius 1 is 0.906 bits per heavy atom. The van der Waals surface area contributed by atoms with Gasteiger partial charge in [0.1, 0.15) is 11.3 Å². The highest BCUT2D eigenvalue weighted by Gasteiger charge is 2.25. The molecule has 1 aliphatic heterocycles. The van der Waals surface area contributed by atoms with Gasteiger partial charge in [-0.05, 0) is 61.4 Å². The summed E-state index contributed by atoms with van der Waals surface area (Å²) in [6.45, 7) is 1.02. The molecule has 0 bridgehead atoms. The van der Waals surface area contributed by atoms with E-state index in [1.165, 1.54) is 41.7 Å². The van der Waals surface area contributed by atoms with Crippen LogP contribution in [0.15, 0.2) is 64.5 Å². The summed E-state index contributed by atoms with van der Waals surface area (Å²) < 4.78 is 61.3. The van der Waals surface area contributed by atoms with Gasteiger partial charge in [-0.15, -0.1) is 0 Å². The molecule has 0 aliphatic carbocycles. The number of sulfonamides is 2. The van der Waals surface area contributed by atoms with Gasteiger partial charge in [0.2, 0.25) is 10.0 Å². The van der Waals surface area contributed by atoms with Crippen LogP contribution in [0.5, 0.6) is 5.75 Å². The molecule has 1 fully saturated rings. The molecule has 1 N–H and O–H groups in total. The van der Waals surface area contributed by atoms with Crippen molar-refractivity contribution in [3.63, 3.8) is 0 Å². The fraction of sp³-hybridized carbons (Fsp3) is 0.318. The zero-order valence-corrected chi connectivity index (χ0v) is 19.3. The first kappa shape index (κ1) is 22.5. The quantitative estimate of drug-likeness (QED) is 0.584. The molecular weight excluding hydrogens is 450 g/mol. The predicted octanol–water partition coefficient (Wildman–Crippen LogP) is 3.61. The maximum Gasteiger partial charge on any atom is 0.262 e. The zero-order chi connectivity index (χ0) is 22.8. The lowest BCUT2D eigenvalue weighted by Gasteiger charge is -2.20. The van der Waals surface area contributed by atoms with Gasteiger partial charge in [-0.3, -0.25) is 9.71 Å². The molecule has 1 saturated heterocycles. The van der Waals surface area contributed by atoms with Gasteiger partial charge in [-0.1, -0.05) is 12.8 Å². The van der Waals surface area contributed by atoms with E-state index in [1.54, 1.807) is 24.4 Å². The van der Waals surface area contributed by atoms with Crippen molar-refractivity contribution in [3.8, 4) is 5.75 Å². The maximum absolute atomic E-state index is 13.1. The van der Waals surface area contributed by atoms with Gasteiger partial charge in [0, 0.05) is 30.4 Å². The number of nitrogens with zero attached hydrogens (tertiary/aromatic N) is 2. The molecule has 1 aromatic heterocycles. The fourth-order valence-electron chi connectivity index (χ4n) is 3.86. The summed E-state index contributed by atoms with van der Waals surface area (Å²) in [6, 6.07) is 12.1. The average molecular weight is 476 g/mol. The number of methoxy groups -OCH3 is 1. The van der Waals surface area contributed by atoms with Crippen LogP contribution in [0.4, 0.5) is 5.69 Å². The smallest absolute Gasteiger partial charge is 0.262 e. The first-order valence-corrected chi connectivity index (χ1v) is 13.3. The number of aromatic nitrogens is 1. The number of ether oxygens (including phenoxy) is 1. The van der Waals surface area contributed by atoms with Crippen LogP contribution in [0.3, 0.4) is 0 Å². The summed E-state index contributed by atoms with van der Waals surface area (Å²) in [5, 5.41) is 0.430. The van der Waals surface area contributed by atoms with Crippen LogP contribution in [0.1, 0.15) is 25.7 Å². The Morgan fingerprint density at radius 3 is 2.25 bits per heavy atom. The number of rotatable bonds is 6. The summed E-state index contributed by atoms with van der Waals surface area (Å²) >= 11 is 0. The number of benzene rings is 2. The third kappa shape index (κ3) is 4.43. The van der Waals surface area contributed by atoms with Crippen molar-refractivity contribution in [2.45, 2.75) is 35.5 Å². The van der Waals surface area contributed by atoms with Gasteiger partial charge in [0.25, 0.3) is 10.0 Å². The molecule has 3 aromatic rings. The van der Waals surface area contributed by atoms with Crippen molar-refractivity contribution in [3.05, 3.63) is 54.7 Å². The summed E-state index contributed by atoms with van der Waals surface area (Å²) in [7, 11) is -6.05. The van der Waals surface area contributed by atoms with Gasteiger partial charge in [-0.2, -0.15) is 4.31 Å². The second kappa shape index (κ2) is 9.05. The molecular formula is C22H25N3O5S2. The highest BCUT2D eigenvalue weighted by atomic mass is 32.2. The molecule has 2 heterocycles. The summed E-state index contributed by atoms with van der Waals surface area (Å²) in [4.78, 5) is 4.45. The fourth-order valence-corrected chi connectivity index (χ4v) is 6.63. The van der Waals surface area contributed by atoms with Crippen molar-refractivity contribution in [1.29, 1.82) is 0 Å². The van der Waals surface area contributed by atoms with E-state index in [4.69, 9.17) is 4.74 Å². The largest absolute Gasteiger partial charge is 0.494 e. The highest BCUT2D eigenvalue weighted by molar-refractivity contribution is 7.93. The third-order valence-corrected chi connectivity index (χ3v) is 8.86. The Hall–Kier alpha value is -2.69. The van der Waals surface area contributed by atoms with E-state index in [1.807, 2.05) is 0 Å². The standard InChI is InChI=1S/C22H25N3O5S2/c1-30-20-12-13-21(19-7-6-14-23-22(19)20)31(26,27)24-17-8-10-18(11-9-17)32(28,29)25-15-4-2-3-5-16-25/h6-14,24H,2-5,15-16H2,1H3. The average Bonchev–Trinajstić information content (AvgIpc) is 3.08. The molecule has 0 atom stereocenters. The van der Waals surface area contributed by atoms with Crippen LogP contribution >= 0.6 is 0 Å². The molecule has 4 rings (SSSR count). The van der Waals surface area contributed by atoms with E-state index in [0.717, 1.165) is 25.7 Å². The van der Waals surface area contributed by atoms with Gasteiger partial charge < -0.3 is 4.74 Å². The molecule has 0 radical (unpaired) electrons. The van der Waals surface area contributed by atoms with E-state index >= 15 is 0 Å². The highest BCUT2D eigenvalue weighted by Crippen LogP contribution is 2.30. The van der Waals surface area contributed by atoms with Gasteiger partial charge in [0.15, 0.2) is 0 Å². The minimum atomic E-state index is -3.94. The van der Waals surface area contributed by atoms with Crippen LogP contribution in [-0.2, 0) is 20.0 Å². The van der Waals surface area contributed by atoms with Crippen molar-refractivity contribution < 1.29 is 21.6 Å². The van der Waals surface area contributed by atoms with E-state index in [9.17, 15) is 16.8 Å². The van der Waals surface area contributed by atoms with E-state index in [0.29, 0.717) is 29.7 Å². The number of fused-ring (bicyclic) bond motifs is 1. The topological polar surface area (TPSA) is 106 Å². The van der Waals surface area contributed by atoms with Gasteiger partial charge >= 0.3 is 0 Å². The van der Waals surface area contributed by atoms with Crippen LogP contribution in [-0.4, -0.2) is 46.3 Å². The second-order valence-corrected chi connectivity index (χ2v) is 11.2. The lowest BCUT2D eigenvalue weighted by atomic mass is 10.2.